The van der Waals surface area contributed by atoms with Crippen molar-refractivity contribution < 1.29 is 9.18 Å². The van der Waals surface area contributed by atoms with Gasteiger partial charge in [0.1, 0.15) is 12.4 Å². The molecule has 1 aromatic carbocycles. The lowest BCUT2D eigenvalue weighted by atomic mass is 10.0. The van der Waals surface area contributed by atoms with Crippen LogP contribution in [0.15, 0.2) is 36.0 Å². The Kier molecular flexibility index (Phi) is 4.29. The maximum absolute atomic E-state index is 13.0. The molecule has 0 atom stereocenters. The minimum atomic E-state index is -0.313. The Labute approximate surface area is 145 Å². The molecule has 0 spiro atoms. The van der Waals surface area contributed by atoms with Gasteiger partial charge < -0.3 is 4.90 Å². The first-order valence-electron chi connectivity index (χ1n) is 8.75. The summed E-state index contributed by atoms with van der Waals surface area (Å²) in [6.45, 7) is 0.0715. The van der Waals surface area contributed by atoms with E-state index in [9.17, 15) is 9.18 Å². The molecule has 7 heteroatoms. The fourth-order valence-corrected chi connectivity index (χ4v) is 3.19. The highest BCUT2D eigenvalue weighted by molar-refractivity contribution is 5.78. The van der Waals surface area contributed by atoms with Gasteiger partial charge in [0.05, 0.1) is 0 Å². The number of carbonyl (C=O) groups excluding carboxylic acids is 1. The van der Waals surface area contributed by atoms with Crippen molar-refractivity contribution in [2.75, 3.05) is 0 Å². The molecule has 1 heterocycles. The van der Waals surface area contributed by atoms with Gasteiger partial charge in [0, 0.05) is 17.3 Å². The molecule has 1 saturated carbocycles. The Balaban J connectivity index is 1.48. The molecule has 1 fully saturated rings. The normalized spacial score (nSPS) is 17.2. The smallest absolute Gasteiger partial charge is 0.250 e. The van der Waals surface area contributed by atoms with E-state index in [2.05, 4.69) is 21.5 Å². The van der Waals surface area contributed by atoms with Crippen LogP contribution in [-0.4, -0.2) is 37.1 Å². The number of hydrogen-bond acceptors (Lipinski definition) is 4. The molecular formula is C18H20FN5O. The molecule has 0 radical (unpaired) electrons. The second-order valence-corrected chi connectivity index (χ2v) is 6.59. The van der Waals surface area contributed by atoms with Gasteiger partial charge in [-0.25, -0.2) is 4.39 Å². The van der Waals surface area contributed by atoms with Gasteiger partial charge >= 0.3 is 0 Å². The highest BCUT2D eigenvalue weighted by atomic mass is 19.1. The number of hydrogen-bond donors (Lipinski definition) is 0. The van der Waals surface area contributed by atoms with Crippen molar-refractivity contribution in [1.29, 1.82) is 0 Å². The maximum atomic E-state index is 13.0. The molecule has 1 amide bonds. The summed E-state index contributed by atoms with van der Waals surface area (Å²) in [5.74, 6) is 0.0912. The summed E-state index contributed by atoms with van der Waals surface area (Å²) in [6.07, 6.45) is 8.66. The summed E-state index contributed by atoms with van der Waals surface area (Å²) in [5, 5.41) is 12.2. The van der Waals surface area contributed by atoms with Crippen molar-refractivity contribution in [3.63, 3.8) is 0 Å². The van der Waals surface area contributed by atoms with Crippen molar-refractivity contribution in [3.8, 4) is 11.4 Å². The number of aromatic nitrogens is 4. The molecule has 2 aromatic rings. The molecule has 4 rings (SSSR count). The molecule has 2 aliphatic carbocycles. The van der Waals surface area contributed by atoms with Gasteiger partial charge in [-0.05, 0) is 68.0 Å². The van der Waals surface area contributed by atoms with Crippen molar-refractivity contribution in [2.24, 2.45) is 0 Å². The standard InChI is InChI=1S/C18H20FN5O/c19-14-8-6-13(7-9-14)18-20-22-23(21-18)12-17(25)24(16-10-11-16)15-4-2-1-3-5-15/h4,6-9,16H,1-3,5,10-12H2. The second kappa shape index (κ2) is 6.74. The Bertz CT molecular complexity index is 794. The third-order valence-corrected chi connectivity index (χ3v) is 4.59. The summed E-state index contributed by atoms with van der Waals surface area (Å²) in [7, 11) is 0. The van der Waals surface area contributed by atoms with Gasteiger partial charge in [0.25, 0.3) is 5.91 Å². The molecule has 0 N–H and O–H groups in total. The third kappa shape index (κ3) is 3.60. The lowest BCUT2D eigenvalue weighted by Gasteiger charge is -2.27. The van der Waals surface area contributed by atoms with E-state index < -0.39 is 0 Å². The van der Waals surface area contributed by atoms with E-state index in [-0.39, 0.29) is 18.3 Å². The van der Waals surface area contributed by atoms with E-state index in [0.29, 0.717) is 17.4 Å². The number of nitrogens with zero attached hydrogens (tertiary/aromatic N) is 5. The van der Waals surface area contributed by atoms with Crippen LogP contribution in [0, 0.1) is 5.82 Å². The lowest BCUT2D eigenvalue weighted by molar-refractivity contribution is -0.131. The summed E-state index contributed by atoms with van der Waals surface area (Å²) >= 11 is 0. The first-order valence-corrected chi connectivity index (χ1v) is 8.75. The Morgan fingerprint density at radius 3 is 2.72 bits per heavy atom. The van der Waals surface area contributed by atoms with Gasteiger partial charge in [-0.15, -0.1) is 10.2 Å². The summed E-state index contributed by atoms with van der Waals surface area (Å²) < 4.78 is 13.0. The van der Waals surface area contributed by atoms with E-state index in [1.807, 2.05) is 4.90 Å². The van der Waals surface area contributed by atoms with Gasteiger partial charge in [-0.2, -0.15) is 4.80 Å². The number of rotatable bonds is 5. The minimum absolute atomic E-state index is 0.0127. The zero-order valence-corrected chi connectivity index (χ0v) is 13.9. The second-order valence-electron chi connectivity index (χ2n) is 6.59. The maximum Gasteiger partial charge on any atom is 0.250 e. The van der Waals surface area contributed by atoms with Crippen LogP contribution in [0.25, 0.3) is 11.4 Å². The average Bonchev–Trinajstić information content (AvgIpc) is 3.34. The van der Waals surface area contributed by atoms with Gasteiger partial charge in [0.15, 0.2) is 0 Å². The first-order chi connectivity index (χ1) is 12.2. The van der Waals surface area contributed by atoms with Gasteiger partial charge in [-0.3, -0.25) is 4.79 Å². The molecule has 6 nitrogen and oxygen atoms in total. The summed E-state index contributed by atoms with van der Waals surface area (Å²) in [6, 6.07) is 6.23. The van der Waals surface area contributed by atoms with E-state index in [0.717, 1.165) is 37.8 Å². The fraction of sp³-hybridized carbons (Fsp3) is 0.444. The van der Waals surface area contributed by atoms with Gasteiger partial charge in [-0.1, -0.05) is 6.08 Å². The van der Waals surface area contributed by atoms with Crippen molar-refractivity contribution >= 4 is 5.91 Å². The van der Waals surface area contributed by atoms with Crippen LogP contribution in [0.2, 0.25) is 0 Å². The number of amides is 1. The molecule has 1 aromatic heterocycles. The molecule has 0 aliphatic heterocycles. The number of benzene rings is 1. The van der Waals surface area contributed by atoms with E-state index in [1.54, 1.807) is 12.1 Å². The quantitative estimate of drug-likeness (QED) is 0.839. The Hall–Kier alpha value is -2.57. The molecule has 0 bridgehead atoms. The predicted molar refractivity (Wildman–Crippen MR) is 89.6 cm³/mol. The lowest BCUT2D eigenvalue weighted by Crippen LogP contribution is -2.36. The molecule has 130 valence electrons. The van der Waals surface area contributed by atoms with Crippen LogP contribution >= 0.6 is 0 Å². The van der Waals surface area contributed by atoms with Crippen LogP contribution < -0.4 is 0 Å². The third-order valence-electron chi connectivity index (χ3n) is 4.59. The van der Waals surface area contributed by atoms with Crippen LogP contribution in [0.4, 0.5) is 4.39 Å². The van der Waals surface area contributed by atoms with Crippen molar-refractivity contribution in [2.45, 2.75) is 51.1 Å². The molecule has 25 heavy (non-hydrogen) atoms. The molecule has 0 saturated heterocycles. The summed E-state index contributed by atoms with van der Waals surface area (Å²) in [4.78, 5) is 16.1. The number of tetrazole rings is 1. The van der Waals surface area contributed by atoms with Crippen molar-refractivity contribution in [3.05, 3.63) is 41.9 Å². The molecule has 0 unspecified atom stereocenters. The summed E-state index contributed by atoms with van der Waals surface area (Å²) in [5.41, 5.74) is 1.83. The van der Waals surface area contributed by atoms with Gasteiger partial charge in [0.2, 0.25) is 5.82 Å². The molecular weight excluding hydrogens is 321 g/mol. The van der Waals surface area contributed by atoms with Crippen molar-refractivity contribution in [1.82, 2.24) is 25.1 Å². The Morgan fingerprint density at radius 2 is 2.04 bits per heavy atom. The number of carbonyl (C=O) groups is 1. The fourth-order valence-electron chi connectivity index (χ4n) is 3.19. The monoisotopic (exact) mass is 341 g/mol. The largest absolute Gasteiger partial charge is 0.312 e. The number of allylic oxidation sites excluding steroid dienone is 2. The molecule has 2 aliphatic rings. The van der Waals surface area contributed by atoms with Crippen LogP contribution in [0.5, 0.6) is 0 Å². The predicted octanol–water partition coefficient (Wildman–Crippen LogP) is 2.93. The zero-order valence-electron chi connectivity index (χ0n) is 13.9. The highest BCUT2D eigenvalue weighted by Crippen LogP contribution is 2.33. The topological polar surface area (TPSA) is 63.9 Å². The van der Waals surface area contributed by atoms with Crippen LogP contribution in [-0.2, 0) is 11.3 Å². The van der Waals surface area contributed by atoms with E-state index in [1.165, 1.54) is 23.4 Å². The first kappa shape index (κ1) is 15.9. The Morgan fingerprint density at radius 1 is 1.24 bits per heavy atom. The van der Waals surface area contributed by atoms with E-state index >= 15 is 0 Å². The number of halogens is 1. The average molecular weight is 341 g/mol. The van der Waals surface area contributed by atoms with E-state index in [4.69, 9.17) is 0 Å². The highest BCUT2D eigenvalue weighted by Gasteiger charge is 2.35. The van der Waals surface area contributed by atoms with Crippen LogP contribution in [0.3, 0.4) is 0 Å². The minimum Gasteiger partial charge on any atom is -0.312 e. The zero-order chi connectivity index (χ0) is 17.2. The van der Waals surface area contributed by atoms with Crippen LogP contribution in [0.1, 0.15) is 38.5 Å². The SMILES string of the molecule is O=C(Cn1nnc(-c2ccc(F)cc2)n1)N(C1=CCCCC1)C1CC1.